The minimum atomic E-state index is -0.258. The van der Waals surface area contributed by atoms with E-state index in [0.717, 1.165) is 37.4 Å². The number of piperazine rings is 1. The van der Waals surface area contributed by atoms with Crippen LogP contribution in [0.2, 0.25) is 0 Å². The number of hydrogen-bond donors (Lipinski definition) is 3. The third-order valence-electron chi connectivity index (χ3n) is 5.03. The number of aromatic hydroxyl groups is 2. The summed E-state index contributed by atoms with van der Waals surface area (Å²) in [6, 6.07) is 12.6. The molecule has 0 aliphatic carbocycles. The molecule has 1 unspecified atom stereocenters. The van der Waals surface area contributed by atoms with Gasteiger partial charge in [0.25, 0.3) is 0 Å². The summed E-state index contributed by atoms with van der Waals surface area (Å²) < 4.78 is 0. The second kappa shape index (κ2) is 8.31. The molecule has 27 heavy (non-hydrogen) atoms. The van der Waals surface area contributed by atoms with Gasteiger partial charge < -0.3 is 25.3 Å². The molecule has 1 aliphatic heterocycles. The van der Waals surface area contributed by atoms with E-state index < -0.39 is 0 Å². The second-order valence-corrected chi connectivity index (χ2v) is 7.25. The first kappa shape index (κ1) is 19.0. The van der Waals surface area contributed by atoms with Gasteiger partial charge in [-0.2, -0.15) is 0 Å². The molecule has 0 spiro atoms. The number of carbonyl (C=O) groups excluding carboxylic acids is 1. The molecular formula is C21H27N3O3. The minimum absolute atomic E-state index is 0.0742. The van der Waals surface area contributed by atoms with E-state index in [9.17, 15) is 15.0 Å². The molecular weight excluding hydrogens is 342 g/mol. The monoisotopic (exact) mass is 369 g/mol. The number of amides is 1. The highest BCUT2D eigenvalue weighted by Crippen LogP contribution is 2.26. The molecule has 1 heterocycles. The molecule has 1 amide bonds. The van der Waals surface area contributed by atoms with Gasteiger partial charge in [0.1, 0.15) is 0 Å². The van der Waals surface area contributed by atoms with Crippen LogP contribution >= 0.6 is 0 Å². The molecule has 3 N–H and O–H groups in total. The van der Waals surface area contributed by atoms with Gasteiger partial charge in [0.05, 0.1) is 0 Å². The average molecular weight is 369 g/mol. The summed E-state index contributed by atoms with van der Waals surface area (Å²) in [5, 5.41) is 21.9. The Balaban J connectivity index is 1.56. The summed E-state index contributed by atoms with van der Waals surface area (Å²) in [7, 11) is 2.14. The number of hydrogen-bond acceptors (Lipinski definition) is 5. The van der Waals surface area contributed by atoms with Gasteiger partial charge in [-0.05, 0) is 55.4 Å². The smallest absolute Gasteiger partial charge is 0.227 e. The van der Waals surface area contributed by atoms with E-state index >= 15 is 0 Å². The SMILES string of the molecule is CC(Cc1ccc(O)c(O)c1)C(=O)Nc1ccc(N2CCN(C)CC2)cc1. The lowest BCUT2D eigenvalue weighted by Crippen LogP contribution is -2.44. The fraction of sp³-hybridized carbons (Fsp3) is 0.381. The molecule has 6 heteroatoms. The standard InChI is InChI=1S/C21H27N3O3/c1-15(13-16-3-8-19(25)20(26)14-16)21(27)22-17-4-6-18(7-5-17)24-11-9-23(2)10-12-24/h3-8,14-15,25-26H,9-13H2,1-2H3,(H,22,27). The van der Waals surface area contributed by atoms with E-state index in [4.69, 9.17) is 0 Å². The second-order valence-electron chi connectivity index (χ2n) is 7.25. The van der Waals surface area contributed by atoms with Crippen molar-refractivity contribution in [3.63, 3.8) is 0 Å². The Morgan fingerprint density at radius 1 is 1.04 bits per heavy atom. The largest absolute Gasteiger partial charge is 0.504 e. The summed E-state index contributed by atoms with van der Waals surface area (Å²) in [6.07, 6.45) is 0.485. The maximum atomic E-state index is 12.5. The van der Waals surface area contributed by atoms with E-state index in [1.54, 1.807) is 6.07 Å². The Kier molecular flexibility index (Phi) is 5.86. The van der Waals surface area contributed by atoms with Gasteiger partial charge in [-0.25, -0.2) is 0 Å². The molecule has 1 atom stereocenters. The van der Waals surface area contributed by atoms with Crippen LogP contribution in [0.3, 0.4) is 0 Å². The molecule has 1 aliphatic rings. The summed E-state index contributed by atoms with van der Waals surface area (Å²) in [6.45, 7) is 5.99. The van der Waals surface area contributed by atoms with Crippen LogP contribution in [-0.2, 0) is 11.2 Å². The first-order chi connectivity index (χ1) is 12.9. The van der Waals surface area contributed by atoms with Gasteiger partial charge in [0, 0.05) is 43.5 Å². The van der Waals surface area contributed by atoms with Crippen molar-refractivity contribution in [3.05, 3.63) is 48.0 Å². The van der Waals surface area contributed by atoms with Gasteiger partial charge in [-0.1, -0.05) is 13.0 Å². The van der Waals surface area contributed by atoms with Crippen LogP contribution in [-0.4, -0.2) is 54.2 Å². The van der Waals surface area contributed by atoms with Crippen LogP contribution in [0.1, 0.15) is 12.5 Å². The molecule has 2 aromatic carbocycles. The number of carbonyl (C=O) groups is 1. The summed E-state index contributed by atoms with van der Waals surface area (Å²) in [4.78, 5) is 17.1. The van der Waals surface area contributed by atoms with Crippen LogP contribution in [0.4, 0.5) is 11.4 Å². The lowest BCUT2D eigenvalue weighted by atomic mass is 10.00. The summed E-state index contributed by atoms with van der Waals surface area (Å²) in [5.41, 5.74) is 2.75. The molecule has 0 saturated carbocycles. The van der Waals surface area contributed by atoms with Crippen molar-refractivity contribution >= 4 is 17.3 Å². The van der Waals surface area contributed by atoms with Gasteiger partial charge >= 0.3 is 0 Å². The van der Waals surface area contributed by atoms with E-state index in [2.05, 4.69) is 22.2 Å². The molecule has 0 aromatic heterocycles. The highest BCUT2D eigenvalue weighted by atomic mass is 16.3. The van der Waals surface area contributed by atoms with Crippen LogP contribution < -0.4 is 10.2 Å². The van der Waals surface area contributed by atoms with Crippen LogP contribution in [0.5, 0.6) is 11.5 Å². The number of nitrogens with zero attached hydrogens (tertiary/aromatic N) is 2. The summed E-state index contributed by atoms with van der Waals surface area (Å²) in [5.74, 6) is -0.655. The molecule has 3 rings (SSSR count). The van der Waals surface area contributed by atoms with Gasteiger partial charge in [-0.3, -0.25) is 4.79 Å². The Labute approximate surface area is 160 Å². The lowest BCUT2D eigenvalue weighted by molar-refractivity contribution is -0.119. The number of phenols is 2. The molecule has 2 aromatic rings. The first-order valence-corrected chi connectivity index (χ1v) is 9.27. The molecule has 6 nitrogen and oxygen atoms in total. The number of nitrogens with one attached hydrogen (secondary N) is 1. The number of phenolic OH excluding ortho intramolecular Hbond substituents is 2. The van der Waals surface area contributed by atoms with Crippen LogP contribution in [0.25, 0.3) is 0 Å². The van der Waals surface area contributed by atoms with Crippen molar-refractivity contribution in [2.45, 2.75) is 13.3 Å². The highest BCUT2D eigenvalue weighted by molar-refractivity contribution is 5.92. The van der Waals surface area contributed by atoms with Crippen molar-refractivity contribution in [1.82, 2.24) is 4.90 Å². The Hall–Kier alpha value is -2.73. The molecule has 1 fully saturated rings. The van der Waals surface area contributed by atoms with E-state index in [1.807, 2.05) is 31.2 Å². The van der Waals surface area contributed by atoms with Crippen molar-refractivity contribution < 1.29 is 15.0 Å². The van der Waals surface area contributed by atoms with Gasteiger partial charge in [0.2, 0.25) is 5.91 Å². The fourth-order valence-corrected chi connectivity index (χ4v) is 3.23. The third-order valence-corrected chi connectivity index (χ3v) is 5.03. The predicted octanol–water partition coefficient (Wildman–Crippen LogP) is 2.67. The quantitative estimate of drug-likeness (QED) is 0.707. The Morgan fingerprint density at radius 2 is 1.70 bits per heavy atom. The lowest BCUT2D eigenvalue weighted by Gasteiger charge is -2.34. The first-order valence-electron chi connectivity index (χ1n) is 9.27. The van der Waals surface area contributed by atoms with Crippen LogP contribution in [0.15, 0.2) is 42.5 Å². The number of likely N-dealkylation sites (N-methyl/N-ethyl adjacent to an activating group) is 1. The maximum absolute atomic E-state index is 12.5. The molecule has 0 bridgehead atoms. The van der Waals surface area contributed by atoms with Gasteiger partial charge in [-0.15, -0.1) is 0 Å². The number of benzene rings is 2. The summed E-state index contributed by atoms with van der Waals surface area (Å²) >= 11 is 0. The van der Waals surface area contributed by atoms with E-state index in [0.29, 0.717) is 6.42 Å². The normalized spacial score (nSPS) is 16.1. The zero-order valence-electron chi connectivity index (χ0n) is 15.9. The Bertz CT molecular complexity index is 784. The zero-order valence-corrected chi connectivity index (χ0v) is 15.9. The Morgan fingerprint density at radius 3 is 2.33 bits per heavy atom. The van der Waals surface area contributed by atoms with Gasteiger partial charge in [0.15, 0.2) is 11.5 Å². The maximum Gasteiger partial charge on any atom is 0.227 e. The topological polar surface area (TPSA) is 76.0 Å². The van der Waals surface area contributed by atoms with E-state index in [-0.39, 0.29) is 23.3 Å². The average Bonchev–Trinajstić information content (AvgIpc) is 2.66. The molecule has 0 radical (unpaired) electrons. The molecule has 144 valence electrons. The third kappa shape index (κ3) is 4.92. The number of rotatable bonds is 5. The van der Waals surface area contributed by atoms with Crippen molar-refractivity contribution in [2.75, 3.05) is 43.4 Å². The van der Waals surface area contributed by atoms with Crippen LogP contribution in [0, 0.1) is 5.92 Å². The number of anilines is 2. The van der Waals surface area contributed by atoms with Crippen molar-refractivity contribution in [1.29, 1.82) is 0 Å². The zero-order chi connectivity index (χ0) is 19.4. The minimum Gasteiger partial charge on any atom is -0.504 e. The molecule has 1 saturated heterocycles. The predicted molar refractivity (Wildman–Crippen MR) is 107 cm³/mol. The van der Waals surface area contributed by atoms with Crippen molar-refractivity contribution in [2.24, 2.45) is 5.92 Å². The van der Waals surface area contributed by atoms with Crippen molar-refractivity contribution in [3.8, 4) is 11.5 Å². The van der Waals surface area contributed by atoms with E-state index in [1.165, 1.54) is 17.8 Å². The highest BCUT2D eigenvalue weighted by Gasteiger charge is 2.16. The fourth-order valence-electron chi connectivity index (χ4n) is 3.23.